The van der Waals surface area contributed by atoms with Crippen molar-refractivity contribution in [2.24, 2.45) is 11.1 Å². The van der Waals surface area contributed by atoms with Crippen molar-refractivity contribution in [2.45, 2.75) is 18.2 Å². The van der Waals surface area contributed by atoms with E-state index in [9.17, 15) is 13.2 Å². The monoisotopic (exact) mass is 302 g/mol. The molecule has 0 saturated carbocycles. The summed E-state index contributed by atoms with van der Waals surface area (Å²) < 4.78 is 22.6. The zero-order chi connectivity index (χ0) is 14.2. The third-order valence-corrected chi connectivity index (χ3v) is 4.45. The van der Waals surface area contributed by atoms with Crippen LogP contribution >= 0.6 is 11.6 Å². The molecule has 1 aromatic carbocycles. The van der Waals surface area contributed by atoms with Crippen molar-refractivity contribution in [1.82, 2.24) is 4.90 Å². The molecule has 1 atom stereocenters. The van der Waals surface area contributed by atoms with Crippen molar-refractivity contribution in [3.05, 3.63) is 28.8 Å². The second kappa shape index (κ2) is 5.11. The normalized spacial score (nSPS) is 19.7. The minimum atomic E-state index is -3.84. The predicted molar refractivity (Wildman–Crippen MR) is 72.5 cm³/mol. The molecule has 1 aliphatic heterocycles. The SMILES string of the molecule is CC1CCN(C(=O)c2cc(S(N)(=O)=O)ccc2Cl)C1. The number of hydrogen-bond acceptors (Lipinski definition) is 3. The van der Waals surface area contributed by atoms with E-state index in [1.807, 2.05) is 0 Å². The molecular formula is C12H15ClN2O3S. The van der Waals surface area contributed by atoms with E-state index in [1.165, 1.54) is 18.2 Å². The second-order valence-electron chi connectivity index (χ2n) is 4.83. The first-order chi connectivity index (χ1) is 8.79. The molecule has 1 aliphatic rings. The van der Waals surface area contributed by atoms with Crippen molar-refractivity contribution < 1.29 is 13.2 Å². The highest BCUT2D eigenvalue weighted by Crippen LogP contribution is 2.24. The van der Waals surface area contributed by atoms with Gasteiger partial charge in [-0.15, -0.1) is 0 Å². The number of halogens is 1. The fourth-order valence-electron chi connectivity index (χ4n) is 2.14. The summed E-state index contributed by atoms with van der Waals surface area (Å²) >= 11 is 5.97. The fourth-order valence-corrected chi connectivity index (χ4v) is 2.87. The number of carbonyl (C=O) groups is 1. The van der Waals surface area contributed by atoms with E-state index in [4.69, 9.17) is 16.7 Å². The maximum atomic E-state index is 12.3. The van der Waals surface area contributed by atoms with Gasteiger partial charge in [-0.3, -0.25) is 4.79 Å². The van der Waals surface area contributed by atoms with Crippen molar-refractivity contribution in [3.8, 4) is 0 Å². The molecule has 0 bridgehead atoms. The first kappa shape index (κ1) is 14.3. The van der Waals surface area contributed by atoms with Gasteiger partial charge in [0.25, 0.3) is 5.91 Å². The van der Waals surface area contributed by atoms with E-state index >= 15 is 0 Å². The molecule has 0 spiro atoms. The first-order valence-electron chi connectivity index (χ1n) is 5.90. The predicted octanol–water partition coefficient (Wildman–Crippen LogP) is 1.47. The topological polar surface area (TPSA) is 80.5 Å². The Kier molecular flexibility index (Phi) is 3.85. The average Bonchev–Trinajstić information content (AvgIpc) is 2.74. The van der Waals surface area contributed by atoms with Gasteiger partial charge in [-0.1, -0.05) is 18.5 Å². The molecule has 5 nitrogen and oxygen atoms in total. The molecule has 2 rings (SSSR count). The molecule has 1 aromatic rings. The number of nitrogens with two attached hydrogens (primary N) is 1. The molecule has 1 unspecified atom stereocenters. The van der Waals surface area contributed by atoms with Crippen LogP contribution in [0.4, 0.5) is 0 Å². The van der Waals surface area contributed by atoms with Gasteiger partial charge in [0.05, 0.1) is 15.5 Å². The summed E-state index contributed by atoms with van der Waals surface area (Å²) in [6.07, 6.45) is 0.943. The molecule has 0 radical (unpaired) electrons. The number of benzene rings is 1. The standard InChI is InChI=1S/C12H15ClN2O3S/c1-8-4-5-15(7-8)12(16)10-6-9(19(14,17)18)2-3-11(10)13/h2-3,6,8H,4-5,7H2,1H3,(H2,14,17,18). The summed E-state index contributed by atoms with van der Waals surface area (Å²) in [6.45, 7) is 3.39. The summed E-state index contributed by atoms with van der Waals surface area (Å²) in [4.78, 5) is 13.9. The van der Waals surface area contributed by atoms with E-state index < -0.39 is 10.0 Å². The van der Waals surface area contributed by atoms with Crippen LogP contribution < -0.4 is 5.14 Å². The first-order valence-corrected chi connectivity index (χ1v) is 7.83. The van der Waals surface area contributed by atoms with Crippen LogP contribution in [0, 0.1) is 5.92 Å². The Morgan fingerprint density at radius 2 is 2.16 bits per heavy atom. The Morgan fingerprint density at radius 3 is 2.68 bits per heavy atom. The van der Waals surface area contributed by atoms with Gasteiger partial charge in [0.1, 0.15) is 0 Å². The molecule has 1 saturated heterocycles. The van der Waals surface area contributed by atoms with Gasteiger partial charge in [0, 0.05) is 13.1 Å². The lowest BCUT2D eigenvalue weighted by molar-refractivity contribution is 0.0788. The Bertz CT molecular complexity index is 615. The van der Waals surface area contributed by atoms with Gasteiger partial charge >= 0.3 is 0 Å². The number of amides is 1. The maximum absolute atomic E-state index is 12.3. The molecule has 0 aliphatic carbocycles. The molecule has 19 heavy (non-hydrogen) atoms. The van der Waals surface area contributed by atoms with Crippen molar-refractivity contribution in [2.75, 3.05) is 13.1 Å². The molecule has 104 valence electrons. The Labute approximate surface area is 117 Å². The van der Waals surface area contributed by atoms with E-state index in [1.54, 1.807) is 4.90 Å². The van der Waals surface area contributed by atoms with Crippen LogP contribution in [0.5, 0.6) is 0 Å². The van der Waals surface area contributed by atoms with E-state index in [-0.39, 0.29) is 21.4 Å². The fraction of sp³-hybridized carbons (Fsp3) is 0.417. The van der Waals surface area contributed by atoms with Gasteiger partial charge in [-0.05, 0) is 30.5 Å². The van der Waals surface area contributed by atoms with Crippen LogP contribution in [-0.4, -0.2) is 32.3 Å². The summed E-state index contributed by atoms with van der Waals surface area (Å²) in [5.74, 6) is 0.198. The van der Waals surface area contributed by atoms with Gasteiger partial charge < -0.3 is 4.90 Å². The summed E-state index contributed by atoms with van der Waals surface area (Å²) in [6, 6.07) is 3.91. The third kappa shape index (κ3) is 3.08. The number of carbonyl (C=O) groups excluding carboxylic acids is 1. The number of hydrogen-bond donors (Lipinski definition) is 1. The van der Waals surface area contributed by atoms with Crippen LogP contribution in [-0.2, 0) is 10.0 Å². The van der Waals surface area contributed by atoms with E-state index in [0.29, 0.717) is 19.0 Å². The number of nitrogens with zero attached hydrogens (tertiary/aromatic N) is 1. The number of rotatable bonds is 2. The van der Waals surface area contributed by atoms with E-state index in [2.05, 4.69) is 6.92 Å². The lowest BCUT2D eigenvalue weighted by Gasteiger charge is -2.17. The van der Waals surface area contributed by atoms with Crippen molar-refractivity contribution in [1.29, 1.82) is 0 Å². The molecule has 1 amide bonds. The van der Waals surface area contributed by atoms with Gasteiger partial charge in [-0.2, -0.15) is 0 Å². The van der Waals surface area contributed by atoms with Crippen LogP contribution in [0.1, 0.15) is 23.7 Å². The zero-order valence-corrected chi connectivity index (χ0v) is 12.0. The largest absolute Gasteiger partial charge is 0.338 e. The van der Waals surface area contributed by atoms with Crippen LogP contribution in [0.25, 0.3) is 0 Å². The maximum Gasteiger partial charge on any atom is 0.255 e. The minimum Gasteiger partial charge on any atom is -0.338 e. The van der Waals surface area contributed by atoms with Gasteiger partial charge in [0.2, 0.25) is 10.0 Å². The molecule has 0 aromatic heterocycles. The third-order valence-electron chi connectivity index (χ3n) is 3.21. The van der Waals surface area contributed by atoms with Crippen LogP contribution in [0.3, 0.4) is 0 Å². The van der Waals surface area contributed by atoms with Crippen LogP contribution in [0.2, 0.25) is 5.02 Å². The smallest absolute Gasteiger partial charge is 0.255 e. The van der Waals surface area contributed by atoms with Crippen molar-refractivity contribution in [3.63, 3.8) is 0 Å². The highest BCUT2D eigenvalue weighted by molar-refractivity contribution is 7.89. The second-order valence-corrected chi connectivity index (χ2v) is 6.80. The van der Waals surface area contributed by atoms with Crippen molar-refractivity contribution >= 4 is 27.5 Å². The summed E-state index contributed by atoms with van der Waals surface area (Å²) in [5.41, 5.74) is 0.183. The Balaban J connectivity index is 2.36. The van der Waals surface area contributed by atoms with Gasteiger partial charge in [-0.25, -0.2) is 13.6 Å². The molecule has 1 heterocycles. The molecule has 7 heteroatoms. The highest BCUT2D eigenvalue weighted by Gasteiger charge is 2.26. The Morgan fingerprint density at radius 1 is 1.47 bits per heavy atom. The number of sulfonamides is 1. The minimum absolute atomic E-state index is 0.104. The molecular weight excluding hydrogens is 288 g/mol. The van der Waals surface area contributed by atoms with E-state index in [0.717, 1.165) is 6.42 Å². The Hall–Kier alpha value is -1.11. The lowest BCUT2D eigenvalue weighted by Crippen LogP contribution is -2.29. The average molecular weight is 303 g/mol. The summed E-state index contributed by atoms with van der Waals surface area (Å²) in [5, 5.41) is 5.29. The quantitative estimate of drug-likeness (QED) is 0.898. The number of primary sulfonamides is 1. The van der Waals surface area contributed by atoms with Crippen LogP contribution in [0.15, 0.2) is 23.1 Å². The lowest BCUT2D eigenvalue weighted by atomic mass is 10.2. The molecule has 1 fully saturated rings. The number of likely N-dealkylation sites (tertiary alicyclic amines) is 1. The molecule has 2 N–H and O–H groups in total. The summed E-state index contributed by atoms with van der Waals surface area (Å²) in [7, 11) is -3.84. The zero-order valence-electron chi connectivity index (χ0n) is 10.5. The highest BCUT2D eigenvalue weighted by atomic mass is 35.5. The van der Waals surface area contributed by atoms with Gasteiger partial charge in [0.15, 0.2) is 0 Å².